The average Bonchev–Trinajstić information content (AvgIpc) is 3.01. The number of hydrazone groups is 1. The van der Waals surface area contributed by atoms with E-state index in [9.17, 15) is 9.59 Å². The van der Waals surface area contributed by atoms with Crippen LogP contribution in [0.4, 0.5) is 0 Å². The van der Waals surface area contributed by atoms with Crippen LogP contribution in [0, 0.1) is 0 Å². The van der Waals surface area contributed by atoms with Crippen molar-refractivity contribution in [3.8, 4) is 0 Å². The molecule has 2 heterocycles. The molecule has 2 aromatic rings. The van der Waals surface area contributed by atoms with Crippen LogP contribution in [-0.2, 0) is 9.53 Å². The molecule has 126 valence electrons. The lowest BCUT2D eigenvalue weighted by molar-refractivity contribution is -0.141. The second-order valence-electron chi connectivity index (χ2n) is 6.07. The minimum atomic E-state index is -0.351. The molecule has 0 aliphatic carbocycles. The Balaban J connectivity index is 1.73. The van der Waals surface area contributed by atoms with Crippen molar-refractivity contribution in [2.45, 2.75) is 25.0 Å². The van der Waals surface area contributed by atoms with Gasteiger partial charge >= 0.3 is 5.97 Å². The zero-order chi connectivity index (χ0) is 17.4. The van der Waals surface area contributed by atoms with E-state index in [4.69, 9.17) is 4.74 Å². The van der Waals surface area contributed by atoms with Crippen LogP contribution in [0.1, 0.15) is 28.8 Å². The molecule has 0 saturated carbocycles. The van der Waals surface area contributed by atoms with Crippen molar-refractivity contribution in [2.75, 3.05) is 0 Å². The van der Waals surface area contributed by atoms with Gasteiger partial charge in [-0.15, -0.1) is 0 Å². The number of ether oxygens (including phenoxy) is 1. The number of halogens is 1. The SMILES string of the molecule is O=C1C[C@@H]2[C@@H](CC(c3ccc(Br)cc3)=NN2C(=O)c2ccccc2)O1. The number of esters is 1. The fraction of sp³-hybridized carbons (Fsp3) is 0.211. The molecule has 0 spiro atoms. The standard InChI is InChI=1S/C19H15BrN2O3/c20-14-8-6-12(7-9-14)15-10-17-16(11-18(23)25-17)22(21-15)19(24)13-4-2-1-3-5-13/h1-9,16-17H,10-11H2/t16-,17-/m1/s1. The van der Waals surface area contributed by atoms with E-state index in [1.807, 2.05) is 42.5 Å². The minimum absolute atomic E-state index is 0.181. The van der Waals surface area contributed by atoms with Crippen molar-refractivity contribution in [1.82, 2.24) is 5.01 Å². The molecule has 1 saturated heterocycles. The van der Waals surface area contributed by atoms with E-state index in [0.717, 1.165) is 15.7 Å². The fourth-order valence-corrected chi connectivity index (χ4v) is 3.45. The number of nitrogens with zero attached hydrogens (tertiary/aromatic N) is 2. The molecule has 5 nitrogen and oxygen atoms in total. The van der Waals surface area contributed by atoms with Crippen LogP contribution < -0.4 is 0 Å². The second kappa shape index (κ2) is 6.44. The van der Waals surface area contributed by atoms with Gasteiger partial charge in [0.2, 0.25) is 0 Å². The largest absolute Gasteiger partial charge is 0.460 e. The van der Waals surface area contributed by atoms with Crippen molar-refractivity contribution in [3.05, 3.63) is 70.2 Å². The lowest BCUT2D eigenvalue weighted by atomic mass is 9.97. The number of benzene rings is 2. The molecule has 0 bridgehead atoms. The molecule has 0 radical (unpaired) electrons. The molecular weight excluding hydrogens is 384 g/mol. The van der Waals surface area contributed by atoms with Gasteiger partial charge < -0.3 is 4.74 Å². The zero-order valence-corrected chi connectivity index (χ0v) is 14.8. The third-order valence-corrected chi connectivity index (χ3v) is 4.96. The molecule has 2 atom stereocenters. The fourth-order valence-electron chi connectivity index (χ4n) is 3.18. The molecule has 6 heteroatoms. The summed E-state index contributed by atoms with van der Waals surface area (Å²) in [4.78, 5) is 24.7. The summed E-state index contributed by atoms with van der Waals surface area (Å²) in [6.07, 6.45) is 0.341. The summed E-state index contributed by atoms with van der Waals surface area (Å²) in [6.45, 7) is 0. The first-order chi connectivity index (χ1) is 12.1. The van der Waals surface area contributed by atoms with Gasteiger partial charge in [-0.2, -0.15) is 5.10 Å². The maximum Gasteiger partial charge on any atom is 0.308 e. The Morgan fingerprint density at radius 3 is 2.52 bits per heavy atom. The lowest BCUT2D eigenvalue weighted by Crippen LogP contribution is -2.46. The van der Waals surface area contributed by atoms with E-state index in [2.05, 4.69) is 21.0 Å². The van der Waals surface area contributed by atoms with E-state index in [1.165, 1.54) is 5.01 Å². The summed E-state index contributed by atoms with van der Waals surface area (Å²) in [5, 5.41) is 6.01. The molecule has 2 aliphatic heterocycles. The summed E-state index contributed by atoms with van der Waals surface area (Å²) < 4.78 is 6.40. The number of carbonyl (C=O) groups excluding carboxylic acids is 2. The molecule has 2 aliphatic rings. The third kappa shape index (κ3) is 3.09. The summed E-state index contributed by atoms with van der Waals surface area (Å²) in [5.74, 6) is -0.503. The molecule has 1 amide bonds. The van der Waals surface area contributed by atoms with Crippen LogP contribution in [-0.4, -0.2) is 34.7 Å². The second-order valence-corrected chi connectivity index (χ2v) is 6.99. The predicted molar refractivity (Wildman–Crippen MR) is 96.2 cm³/mol. The monoisotopic (exact) mass is 398 g/mol. The van der Waals surface area contributed by atoms with E-state index < -0.39 is 0 Å². The number of fused-ring (bicyclic) bond motifs is 1. The molecular formula is C19H15BrN2O3. The molecule has 0 unspecified atom stereocenters. The van der Waals surface area contributed by atoms with E-state index >= 15 is 0 Å². The van der Waals surface area contributed by atoms with Crippen molar-refractivity contribution in [2.24, 2.45) is 5.10 Å². The number of amides is 1. The number of carbonyl (C=O) groups is 2. The van der Waals surface area contributed by atoms with Gasteiger partial charge in [0.05, 0.1) is 12.1 Å². The van der Waals surface area contributed by atoms with E-state index in [0.29, 0.717) is 12.0 Å². The highest BCUT2D eigenvalue weighted by Gasteiger charge is 2.45. The Labute approximate surface area is 153 Å². The highest BCUT2D eigenvalue weighted by atomic mass is 79.9. The molecule has 25 heavy (non-hydrogen) atoms. The summed E-state index contributed by atoms with van der Waals surface area (Å²) in [6, 6.07) is 16.3. The Bertz CT molecular complexity index is 849. The van der Waals surface area contributed by atoms with Gasteiger partial charge in [0.25, 0.3) is 5.91 Å². The molecule has 4 rings (SSSR count). The Hall–Kier alpha value is -2.47. The van der Waals surface area contributed by atoms with Gasteiger partial charge in [-0.3, -0.25) is 9.59 Å². The number of hydrogen-bond donors (Lipinski definition) is 0. The number of hydrogen-bond acceptors (Lipinski definition) is 4. The Kier molecular flexibility index (Phi) is 4.13. The maximum atomic E-state index is 12.9. The van der Waals surface area contributed by atoms with E-state index in [1.54, 1.807) is 12.1 Å². The highest BCUT2D eigenvalue weighted by molar-refractivity contribution is 9.10. The van der Waals surface area contributed by atoms with Gasteiger partial charge in [0, 0.05) is 16.5 Å². The topological polar surface area (TPSA) is 59.0 Å². The molecule has 1 fully saturated rings. The first-order valence-electron chi connectivity index (χ1n) is 8.03. The van der Waals surface area contributed by atoms with Gasteiger partial charge in [-0.05, 0) is 29.8 Å². The minimum Gasteiger partial charge on any atom is -0.460 e. The first-order valence-corrected chi connectivity index (χ1v) is 8.82. The van der Waals surface area contributed by atoms with Crippen molar-refractivity contribution >= 4 is 33.5 Å². The number of rotatable bonds is 2. The predicted octanol–water partition coefficient (Wildman–Crippen LogP) is 3.38. The Morgan fingerprint density at radius 1 is 1.08 bits per heavy atom. The van der Waals surface area contributed by atoms with Crippen LogP contribution in [0.3, 0.4) is 0 Å². The van der Waals surface area contributed by atoms with Crippen LogP contribution in [0.2, 0.25) is 0 Å². The highest BCUT2D eigenvalue weighted by Crippen LogP contribution is 2.31. The normalized spacial score (nSPS) is 22.2. The van der Waals surface area contributed by atoms with E-state index in [-0.39, 0.29) is 30.4 Å². The van der Waals surface area contributed by atoms with Crippen LogP contribution in [0.25, 0.3) is 0 Å². The van der Waals surface area contributed by atoms with Gasteiger partial charge in [0.1, 0.15) is 12.1 Å². The summed E-state index contributed by atoms with van der Waals surface area (Å²) in [5.41, 5.74) is 2.20. The van der Waals surface area contributed by atoms with Crippen molar-refractivity contribution in [1.29, 1.82) is 0 Å². The maximum absolute atomic E-state index is 12.9. The Morgan fingerprint density at radius 2 is 1.80 bits per heavy atom. The van der Waals surface area contributed by atoms with Crippen LogP contribution in [0.5, 0.6) is 0 Å². The molecule has 2 aromatic carbocycles. The summed E-state index contributed by atoms with van der Waals surface area (Å²) >= 11 is 3.41. The third-order valence-electron chi connectivity index (χ3n) is 4.43. The van der Waals surface area contributed by atoms with Crippen molar-refractivity contribution in [3.63, 3.8) is 0 Å². The average molecular weight is 399 g/mol. The van der Waals surface area contributed by atoms with Gasteiger partial charge in [-0.1, -0.05) is 46.3 Å². The smallest absolute Gasteiger partial charge is 0.308 e. The van der Waals surface area contributed by atoms with Crippen LogP contribution >= 0.6 is 15.9 Å². The molecule has 0 aromatic heterocycles. The van der Waals surface area contributed by atoms with Gasteiger partial charge in [-0.25, -0.2) is 5.01 Å². The lowest BCUT2D eigenvalue weighted by Gasteiger charge is -2.32. The van der Waals surface area contributed by atoms with Crippen LogP contribution in [0.15, 0.2) is 64.2 Å². The quantitative estimate of drug-likeness (QED) is 0.728. The molecule has 0 N–H and O–H groups in total. The first kappa shape index (κ1) is 16.0. The van der Waals surface area contributed by atoms with Crippen molar-refractivity contribution < 1.29 is 14.3 Å². The zero-order valence-electron chi connectivity index (χ0n) is 13.3. The van der Waals surface area contributed by atoms with Gasteiger partial charge in [0.15, 0.2) is 0 Å². The summed E-state index contributed by atoms with van der Waals surface area (Å²) in [7, 11) is 0.